The number of para-hydroxylation sites is 1. The highest BCUT2D eigenvalue weighted by atomic mass is 32.2. The zero-order chi connectivity index (χ0) is 22.4. The Morgan fingerprint density at radius 3 is 2.00 bits per heavy atom. The number of anilines is 1. The lowest BCUT2D eigenvalue weighted by atomic mass is 9.94. The number of nitrogens with zero attached hydrogens (tertiary/aromatic N) is 1. The van der Waals surface area contributed by atoms with Crippen LogP contribution < -0.4 is 9.62 Å². The Morgan fingerprint density at radius 2 is 1.45 bits per heavy atom. The molecule has 5 nitrogen and oxygen atoms in total. The van der Waals surface area contributed by atoms with Gasteiger partial charge in [0, 0.05) is 0 Å². The Labute approximate surface area is 184 Å². The van der Waals surface area contributed by atoms with Gasteiger partial charge in [-0.2, -0.15) is 0 Å². The molecule has 1 N–H and O–H groups in total. The quantitative estimate of drug-likeness (QED) is 0.567. The number of hydrogen-bond donors (Lipinski definition) is 1. The molecule has 0 fully saturated rings. The molecule has 162 valence electrons. The van der Waals surface area contributed by atoms with Crippen LogP contribution in [0.25, 0.3) is 0 Å². The highest BCUT2D eigenvalue weighted by Gasteiger charge is 2.33. The van der Waals surface area contributed by atoms with Gasteiger partial charge in [-0.05, 0) is 42.2 Å². The number of nitrogens with one attached hydrogen (secondary N) is 1. The normalized spacial score (nSPS) is 13.3. The molecule has 0 spiro atoms. The molecule has 0 bridgehead atoms. The van der Waals surface area contributed by atoms with Gasteiger partial charge in [0.1, 0.15) is 6.04 Å². The Hall–Kier alpha value is -3.12. The Bertz CT molecular complexity index is 1120. The van der Waals surface area contributed by atoms with E-state index < -0.39 is 16.1 Å². The van der Waals surface area contributed by atoms with Crippen molar-refractivity contribution < 1.29 is 13.2 Å². The van der Waals surface area contributed by atoms with E-state index in [2.05, 4.69) is 5.32 Å². The molecule has 0 radical (unpaired) electrons. The van der Waals surface area contributed by atoms with Crippen molar-refractivity contribution in [2.45, 2.75) is 32.4 Å². The lowest BCUT2D eigenvalue weighted by Gasteiger charge is -2.32. The first-order valence-corrected chi connectivity index (χ1v) is 12.1. The minimum Gasteiger partial charge on any atom is -0.343 e. The molecule has 0 saturated heterocycles. The molecule has 3 aromatic carbocycles. The maximum Gasteiger partial charge on any atom is 0.244 e. The molecule has 0 heterocycles. The van der Waals surface area contributed by atoms with Gasteiger partial charge in [0.05, 0.1) is 18.0 Å². The van der Waals surface area contributed by atoms with Gasteiger partial charge in [-0.15, -0.1) is 0 Å². The van der Waals surface area contributed by atoms with E-state index in [9.17, 15) is 13.2 Å². The lowest BCUT2D eigenvalue weighted by molar-refractivity contribution is -0.122. The van der Waals surface area contributed by atoms with E-state index in [-0.39, 0.29) is 11.9 Å². The smallest absolute Gasteiger partial charge is 0.244 e. The van der Waals surface area contributed by atoms with E-state index in [1.54, 1.807) is 24.3 Å². The first-order valence-electron chi connectivity index (χ1n) is 10.3. The third kappa shape index (κ3) is 5.33. The van der Waals surface area contributed by atoms with Crippen molar-refractivity contribution in [3.63, 3.8) is 0 Å². The van der Waals surface area contributed by atoms with Crippen molar-refractivity contribution in [3.8, 4) is 0 Å². The topological polar surface area (TPSA) is 66.5 Å². The molecule has 0 saturated carbocycles. The molecule has 6 heteroatoms. The van der Waals surface area contributed by atoms with E-state index in [1.807, 2.05) is 74.5 Å². The van der Waals surface area contributed by atoms with Gasteiger partial charge in [-0.1, -0.05) is 79.7 Å². The van der Waals surface area contributed by atoms with Gasteiger partial charge >= 0.3 is 0 Å². The summed E-state index contributed by atoms with van der Waals surface area (Å²) < 4.78 is 26.5. The van der Waals surface area contributed by atoms with Crippen LogP contribution in [0.4, 0.5) is 5.69 Å². The molecular formula is C25H28N2O3S. The van der Waals surface area contributed by atoms with Crippen molar-refractivity contribution in [1.29, 1.82) is 0 Å². The Kier molecular flexibility index (Phi) is 7.13. The van der Waals surface area contributed by atoms with Crippen molar-refractivity contribution in [2.75, 3.05) is 10.6 Å². The van der Waals surface area contributed by atoms with Crippen LogP contribution in [0.3, 0.4) is 0 Å². The van der Waals surface area contributed by atoms with Gasteiger partial charge in [-0.25, -0.2) is 8.42 Å². The summed E-state index contributed by atoms with van der Waals surface area (Å²) in [5, 5.41) is 3.12. The zero-order valence-electron chi connectivity index (χ0n) is 18.0. The van der Waals surface area contributed by atoms with Gasteiger partial charge in [0.25, 0.3) is 0 Å². The predicted octanol–water partition coefficient (Wildman–Crippen LogP) is 4.45. The van der Waals surface area contributed by atoms with E-state index in [1.165, 1.54) is 4.31 Å². The first-order chi connectivity index (χ1) is 14.8. The van der Waals surface area contributed by atoms with Gasteiger partial charge < -0.3 is 5.32 Å². The van der Waals surface area contributed by atoms with Crippen molar-refractivity contribution in [2.24, 2.45) is 0 Å². The second-order valence-corrected chi connectivity index (χ2v) is 9.39. The summed E-state index contributed by atoms with van der Waals surface area (Å²) in [6.07, 6.45) is 1.47. The number of benzene rings is 3. The monoisotopic (exact) mass is 436 g/mol. The minimum atomic E-state index is -3.68. The molecule has 0 aliphatic rings. The number of amides is 1. The largest absolute Gasteiger partial charge is 0.343 e. The number of carbonyl (C=O) groups is 1. The molecule has 0 aliphatic carbocycles. The maximum atomic E-state index is 13.5. The van der Waals surface area contributed by atoms with Crippen molar-refractivity contribution in [3.05, 3.63) is 102 Å². The van der Waals surface area contributed by atoms with E-state index in [4.69, 9.17) is 0 Å². The van der Waals surface area contributed by atoms with E-state index in [0.29, 0.717) is 12.1 Å². The molecular weight excluding hydrogens is 408 g/mol. The van der Waals surface area contributed by atoms with Crippen LogP contribution in [-0.4, -0.2) is 26.6 Å². The molecule has 0 aromatic heterocycles. The second-order valence-electron chi connectivity index (χ2n) is 7.53. The van der Waals surface area contributed by atoms with E-state index in [0.717, 1.165) is 22.9 Å². The van der Waals surface area contributed by atoms with Gasteiger partial charge in [0.15, 0.2) is 0 Å². The van der Waals surface area contributed by atoms with E-state index >= 15 is 0 Å². The maximum absolute atomic E-state index is 13.5. The van der Waals surface area contributed by atoms with Gasteiger partial charge in [0.2, 0.25) is 15.9 Å². The standard InChI is InChI=1S/C25H28N2O3S/c1-4-23(27(31(3,29)30)21-16-9-6-10-17-21)25(28)26-24(20-14-7-5-8-15-20)22-18-12-11-13-19(22)2/h5-18,23-24H,4H2,1-3H3,(H,26,28)/t23-,24+/m1/s1. The number of aryl methyl sites for hydroxylation is 1. The van der Waals surface area contributed by atoms with Crippen LogP contribution in [0.1, 0.15) is 36.1 Å². The third-order valence-corrected chi connectivity index (χ3v) is 6.44. The summed E-state index contributed by atoms with van der Waals surface area (Å²) in [5.41, 5.74) is 3.43. The minimum absolute atomic E-state index is 0.336. The molecule has 0 aliphatic heterocycles. The number of rotatable bonds is 8. The molecule has 2 atom stereocenters. The highest BCUT2D eigenvalue weighted by Crippen LogP contribution is 2.27. The molecule has 1 amide bonds. The molecule has 31 heavy (non-hydrogen) atoms. The van der Waals surface area contributed by atoms with Crippen molar-refractivity contribution >= 4 is 21.6 Å². The molecule has 3 rings (SSSR count). The average Bonchev–Trinajstić information content (AvgIpc) is 2.76. The van der Waals surface area contributed by atoms with Crippen LogP contribution >= 0.6 is 0 Å². The predicted molar refractivity (Wildman–Crippen MR) is 125 cm³/mol. The number of carbonyl (C=O) groups excluding carboxylic acids is 1. The summed E-state index contributed by atoms with van der Waals surface area (Å²) in [6.45, 7) is 3.82. The van der Waals surface area contributed by atoms with Crippen LogP contribution in [-0.2, 0) is 14.8 Å². The second kappa shape index (κ2) is 9.79. The Balaban J connectivity index is 2.00. The fraction of sp³-hybridized carbons (Fsp3) is 0.240. The van der Waals surface area contributed by atoms with Crippen LogP contribution in [0.15, 0.2) is 84.9 Å². The van der Waals surface area contributed by atoms with Crippen LogP contribution in [0.5, 0.6) is 0 Å². The molecule has 0 unspecified atom stereocenters. The summed E-state index contributed by atoms with van der Waals surface area (Å²) in [4.78, 5) is 13.5. The third-order valence-electron chi connectivity index (χ3n) is 5.26. The Morgan fingerprint density at radius 1 is 0.903 bits per heavy atom. The molecule has 3 aromatic rings. The highest BCUT2D eigenvalue weighted by molar-refractivity contribution is 7.92. The summed E-state index contributed by atoms with van der Waals surface area (Å²) in [7, 11) is -3.68. The SMILES string of the molecule is CC[C@H](C(=O)N[C@@H](c1ccccc1)c1ccccc1C)N(c1ccccc1)S(C)(=O)=O. The zero-order valence-corrected chi connectivity index (χ0v) is 18.8. The van der Waals surface area contributed by atoms with Crippen LogP contribution in [0, 0.1) is 6.92 Å². The van der Waals surface area contributed by atoms with Crippen molar-refractivity contribution in [1.82, 2.24) is 5.32 Å². The summed E-state index contributed by atoms with van der Waals surface area (Å²) in [5.74, 6) is -0.339. The number of hydrogen-bond acceptors (Lipinski definition) is 3. The fourth-order valence-electron chi connectivity index (χ4n) is 3.77. The average molecular weight is 437 g/mol. The lowest BCUT2D eigenvalue weighted by Crippen LogP contribution is -2.50. The fourth-order valence-corrected chi connectivity index (χ4v) is 4.98. The summed E-state index contributed by atoms with van der Waals surface area (Å²) in [6, 6.07) is 25.1. The summed E-state index contributed by atoms with van der Waals surface area (Å²) >= 11 is 0. The van der Waals surface area contributed by atoms with Gasteiger partial charge in [-0.3, -0.25) is 9.10 Å². The van der Waals surface area contributed by atoms with Crippen LogP contribution in [0.2, 0.25) is 0 Å². The first kappa shape index (κ1) is 22.6. The number of sulfonamides is 1.